The summed E-state index contributed by atoms with van der Waals surface area (Å²) in [6.45, 7) is 4.21. The first-order chi connectivity index (χ1) is 10.2. The third kappa shape index (κ3) is 2.15. The quantitative estimate of drug-likeness (QED) is 0.577. The Bertz CT molecular complexity index is 883. The summed E-state index contributed by atoms with van der Waals surface area (Å²) < 4.78 is 6.82. The van der Waals surface area contributed by atoms with Crippen molar-refractivity contribution in [2.24, 2.45) is 0 Å². The van der Waals surface area contributed by atoms with Crippen molar-refractivity contribution < 1.29 is 4.42 Å². The number of fused-ring (bicyclic) bond motifs is 2. The zero-order valence-electron chi connectivity index (χ0n) is 11.7. The van der Waals surface area contributed by atoms with Crippen LogP contribution in [0.5, 0.6) is 0 Å². The van der Waals surface area contributed by atoms with E-state index in [-0.39, 0.29) is 0 Å². The summed E-state index contributed by atoms with van der Waals surface area (Å²) in [5, 5.41) is 3.94. The summed E-state index contributed by atoms with van der Waals surface area (Å²) in [6.07, 6.45) is 0. The summed E-state index contributed by atoms with van der Waals surface area (Å²) >= 11 is 1.60. The second-order valence-corrected chi connectivity index (χ2v) is 6.07. The fourth-order valence-corrected chi connectivity index (χ4v) is 3.19. The van der Waals surface area contributed by atoms with Gasteiger partial charge in [-0.25, -0.2) is 4.98 Å². The smallest absolute Gasteiger partial charge is 0.302 e. The lowest BCUT2D eigenvalue weighted by Crippen LogP contribution is -1.88. The average Bonchev–Trinajstić information content (AvgIpc) is 3.02. The molecule has 4 aromatic rings. The van der Waals surface area contributed by atoms with Crippen LogP contribution in [0.1, 0.15) is 11.1 Å². The lowest BCUT2D eigenvalue weighted by Gasteiger charge is -1.96. The molecule has 0 amide bonds. The van der Waals surface area contributed by atoms with E-state index in [1.165, 1.54) is 11.1 Å². The monoisotopic (exact) mass is 295 g/mol. The molecule has 104 valence electrons. The van der Waals surface area contributed by atoms with Crippen LogP contribution < -0.4 is 5.32 Å². The van der Waals surface area contributed by atoms with Crippen molar-refractivity contribution in [2.75, 3.05) is 5.32 Å². The maximum Gasteiger partial charge on any atom is 0.302 e. The number of oxazole rings is 1. The highest BCUT2D eigenvalue weighted by Crippen LogP contribution is 2.30. The predicted octanol–water partition coefficient (Wildman–Crippen LogP) is 4.80. The molecular formula is C16H13N3OS. The van der Waals surface area contributed by atoms with Gasteiger partial charge in [0.05, 0.1) is 10.2 Å². The van der Waals surface area contributed by atoms with E-state index >= 15 is 0 Å². The predicted molar refractivity (Wildman–Crippen MR) is 86.4 cm³/mol. The second-order valence-electron chi connectivity index (χ2n) is 5.03. The number of nitrogens with one attached hydrogen (secondary N) is 1. The fraction of sp³-hybridized carbons (Fsp3) is 0.125. The normalized spacial score (nSPS) is 11.3. The van der Waals surface area contributed by atoms with Crippen molar-refractivity contribution in [3.63, 3.8) is 0 Å². The highest BCUT2D eigenvalue weighted by molar-refractivity contribution is 7.22. The fourth-order valence-electron chi connectivity index (χ4n) is 2.25. The van der Waals surface area contributed by atoms with Crippen molar-refractivity contribution in [3.8, 4) is 0 Å². The van der Waals surface area contributed by atoms with Gasteiger partial charge in [0.25, 0.3) is 0 Å². The van der Waals surface area contributed by atoms with E-state index in [2.05, 4.69) is 41.3 Å². The van der Waals surface area contributed by atoms with Gasteiger partial charge in [0.15, 0.2) is 10.7 Å². The number of thiazole rings is 1. The molecule has 2 aromatic carbocycles. The third-order valence-corrected chi connectivity index (χ3v) is 4.45. The van der Waals surface area contributed by atoms with Gasteiger partial charge in [-0.05, 0) is 49.2 Å². The topological polar surface area (TPSA) is 51.0 Å². The molecule has 0 fully saturated rings. The molecule has 0 saturated carbocycles. The second kappa shape index (κ2) is 4.56. The average molecular weight is 295 g/mol. The lowest BCUT2D eigenvalue weighted by atomic mass is 10.1. The minimum absolute atomic E-state index is 0.476. The number of nitrogens with zero attached hydrogens (tertiary/aromatic N) is 2. The van der Waals surface area contributed by atoms with Crippen molar-refractivity contribution in [1.29, 1.82) is 0 Å². The maximum absolute atomic E-state index is 5.66. The molecule has 0 aliphatic heterocycles. The van der Waals surface area contributed by atoms with Gasteiger partial charge in [-0.3, -0.25) is 5.32 Å². The number of aryl methyl sites for hydroxylation is 2. The molecule has 4 rings (SSSR count). The van der Waals surface area contributed by atoms with Gasteiger partial charge in [0.2, 0.25) is 0 Å². The van der Waals surface area contributed by atoms with Crippen LogP contribution in [0.4, 0.5) is 11.1 Å². The molecule has 0 saturated heterocycles. The Labute approximate surface area is 125 Å². The zero-order valence-corrected chi connectivity index (χ0v) is 12.5. The van der Waals surface area contributed by atoms with Gasteiger partial charge in [-0.1, -0.05) is 23.5 Å². The number of rotatable bonds is 2. The number of hydrogen-bond donors (Lipinski definition) is 1. The van der Waals surface area contributed by atoms with Crippen LogP contribution >= 0.6 is 11.3 Å². The summed E-state index contributed by atoms with van der Waals surface area (Å²) in [5.41, 5.74) is 5.14. The standard InChI is InChI=1S/C16H13N3OS/c1-9-7-12-14(8-10(9)2)21-16(18-12)19-15-17-11-5-3-4-6-13(11)20-15/h3-8H,1-2H3,(H,17,18,19). The van der Waals surface area contributed by atoms with Crippen LogP contribution in [-0.2, 0) is 0 Å². The lowest BCUT2D eigenvalue weighted by molar-refractivity contribution is 0.623. The van der Waals surface area contributed by atoms with Crippen LogP contribution in [0, 0.1) is 13.8 Å². The first kappa shape index (κ1) is 12.3. The van der Waals surface area contributed by atoms with Crippen molar-refractivity contribution in [1.82, 2.24) is 9.97 Å². The van der Waals surface area contributed by atoms with Crippen LogP contribution in [0.3, 0.4) is 0 Å². The Morgan fingerprint density at radius 1 is 1.00 bits per heavy atom. The molecule has 0 aliphatic carbocycles. The highest BCUT2D eigenvalue weighted by Gasteiger charge is 2.09. The number of anilines is 2. The maximum atomic E-state index is 5.66. The van der Waals surface area contributed by atoms with Crippen LogP contribution in [0.25, 0.3) is 21.3 Å². The van der Waals surface area contributed by atoms with Gasteiger partial charge in [0.1, 0.15) is 5.52 Å². The number of para-hydroxylation sites is 2. The molecule has 0 spiro atoms. The summed E-state index contributed by atoms with van der Waals surface area (Å²) in [6, 6.07) is 12.5. The summed E-state index contributed by atoms with van der Waals surface area (Å²) in [5.74, 6) is 0. The molecule has 21 heavy (non-hydrogen) atoms. The van der Waals surface area contributed by atoms with Crippen LogP contribution in [-0.4, -0.2) is 9.97 Å². The minimum Gasteiger partial charge on any atom is -0.423 e. The van der Waals surface area contributed by atoms with Crippen LogP contribution in [0.15, 0.2) is 40.8 Å². The van der Waals surface area contributed by atoms with E-state index in [1.54, 1.807) is 11.3 Å². The number of aromatic nitrogens is 2. The molecule has 5 heteroatoms. The molecule has 0 atom stereocenters. The molecular weight excluding hydrogens is 282 g/mol. The Balaban J connectivity index is 1.73. The Morgan fingerprint density at radius 2 is 1.81 bits per heavy atom. The van der Waals surface area contributed by atoms with Gasteiger partial charge in [-0.15, -0.1) is 0 Å². The van der Waals surface area contributed by atoms with E-state index in [4.69, 9.17) is 4.42 Å². The number of benzene rings is 2. The summed E-state index contributed by atoms with van der Waals surface area (Å²) in [4.78, 5) is 8.99. The first-order valence-corrected chi connectivity index (χ1v) is 7.51. The van der Waals surface area contributed by atoms with Crippen molar-refractivity contribution >= 4 is 43.8 Å². The van der Waals surface area contributed by atoms with Gasteiger partial charge < -0.3 is 4.42 Å². The molecule has 0 aliphatic rings. The molecule has 2 heterocycles. The first-order valence-electron chi connectivity index (χ1n) is 6.69. The molecule has 4 nitrogen and oxygen atoms in total. The number of hydrogen-bond acceptors (Lipinski definition) is 5. The van der Waals surface area contributed by atoms with E-state index < -0.39 is 0 Å². The van der Waals surface area contributed by atoms with Gasteiger partial charge >= 0.3 is 6.01 Å². The Hall–Kier alpha value is -2.40. The SMILES string of the molecule is Cc1cc2nc(Nc3nc4ccccc4o3)sc2cc1C. The Kier molecular flexibility index (Phi) is 2.68. The molecule has 0 bridgehead atoms. The third-order valence-electron chi connectivity index (χ3n) is 3.51. The van der Waals surface area contributed by atoms with E-state index in [9.17, 15) is 0 Å². The molecule has 0 unspecified atom stereocenters. The summed E-state index contributed by atoms with van der Waals surface area (Å²) in [7, 11) is 0. The van der Waals surface area contributed by atoms with E-state index in [0.29, 0.717) is 6.01 Å². The van der Waals surface area contributed by atoms with Crippen molar-refractivity contribution in [2.45, 2.75) is 13.8 Å². The molecule has 0 radical (unpaired) electrons. The van der Waals surface area contributed by atoms with E-state index in [0.717, 1.165) is 26.4 Å². The van der Waals surface area contributed by atoms with Crippen molar-refractivity contribution in [3.05, 3.63) is 47.5 Å². The molecule has 2 aromatic heterocycles. The van der Waals surface area contributed by atoms with Crippen LogP contribution in [0.2, 0.25) is 0 Å². The minimum atomic E-state index is 0.476. The van der Waals surface area contributed by atoms with E-state index in [1.807, 2.05) is 24.3 Å². The van der Waals surface area contributed by atoms with Gasteiger partial charge in [0, 0.05) is 0 Å². The van der Waals surface area contributed by atoms with Gasteiger partial charge in [-0.2, -0.15) is 4.98 Å². The Morgan fingerprint density at radius 3 is 2.67 bits per heavy atom. The zero-order chi connectivity index (χ0) is 14.4. The molecule has 1 N–H and O–H groups in total. The highest BCUT2D eigenvalue weighted by atomic mass is 32.1. The largest absolute Gasteiger partial charge is 0.423 e.